The van der Waals surface area contributed by atoms with Gasteiger partial charge in [0.25, 0.3) is 5.91 Å². The van der Waals surface area contributed by atoms with Crippen LogP contribution in [-0.2, 0) is 4.79 Å². The fraction of sp³-hybridized carbons (Fsp3) is 0.333. The second-order valence-corrected chi connectivity index (χ2v) is 3.75. The van der Waals surface area contributed by atoms with E-state index in [0.29, 0.717) is 23.6 Å². The Labute approximate surface area is 105 Å². The van der Waals surface area contributed by atoms with Crippen molar-refractivity contribution in [2.75, 3.05) is 18.9 Å². The van der Waals surface area contributed by atoms with Crippen molar-refractivity contribution in [2.45, 2.75) is 13.3 Å². The predicted molar refractivity (Wildman–Crippen MR) is 68.2 cm³/mol. The number of nitrogen functional groups attached to an aromatic ring is 1. The van der Waals surface area contributed by atoms with Crippen molar-refractivity contribution in [1.82, 2.24) is 5.32 Å². The van der Waals surface area contributed by atoms with Crippen molar-refractivity contribution < 1.29 is 14.3 Å². The molecular formula is C12H17N3O3. The number of carbonyl (C=O) groups excluding carboxylic acids is 2. The number of benzene rings is 1. The van der Waals surface area contributed by atoms with Gasteiger partial charge in [-0.2, -0.15) is 0 Å². The van der Waals surface area contributed by atoms with E-state index < -0.39 is 11.8 Å². The van der Waals surface area contributed by atoms with Crippen molar-refractivity contribution in [3.8, 4) is 5.75 Å². The van der Waals surface area contributed by atoms with Crippen molar-refractivity contribution in [2.24, 2.45) is 5.73 Å². The number of amides is 2. The van der Waals surface area contributed by atoms with E-state index in [1.54, 1.807) is 12.1 Å². The lowest BCUT2D eigenvalue weighted by Crippen LogP contribution is -2.33. The molecule has 0 fully saturated rings. The number of hydrogen-bond acceptors (Lipinski definition) is 4. The molecule has 0 saturated heterocycles. The molecule has 0 aliphatic rings. The fourth-order valence-electron chi connectivity index (χ4n) is 1.30. The minimum atomic E-state index is -0.598. The van der Waals surface area contributed by atoms with Crippen LogP contribution in [-0.4, -0.2) is 25.0 Å². The lowest BCUT2D eigenvalue weighted by Gasteiger charge is -2.09. The Kier molecular flexibility index (Phi) is 4.98. The molecule has 2 amide bonds. The van der Waals surface area contributed by atoms with E-state index >= 15 is 0 Å². The van der Waals surface area contributed by atoms with E-state index in [1.165, 1.54) is 6.07 Å². The average Bonchev–Trinajstić information content (AvgIpc) is 2.34. The maximum Gasteiger partial charge on any atom is 0.251 e. The summed E-state index contributed by atoms with van der Waals surface area (Å²) in [6, 6.07) is 4.71. The third kappa shape index (κ3) is 3.97. The van der Waals surface area contributed by atoms with E-state index in [1.807, 2.05) is 6.92 Å². The van der Waals surface area contributed by atoms with Crippen LogP contribution in [0.5, 0.6) is 5.75 Å². The molecule has 0 aliphatic heterocycles. The zero-order valence-corrected chi connectivity index (χ0v) is 10.2. The topological polar surface area (TPSA) is 107 Å². The number of carbonyl (C=O) groups is 2. The first-order valence-electron chi connectivity index (χ1n) is 5.63. The van der Waals surface area contributed by atoms with Gasteiger partial charge in [-0.25, -0.2) is 0 Å². The van der Waals surface area contributed by atoms with E-state index in [4.69, 9.17) is 16.2 Å². The average molecular weight is 251 g/mol. The molecule has 0 atom stereocenters. The molecule has 0 aliphatic carbocycles. The van der Waals surface area contributed by atoms with Crippen LogP contribution in [0.4, 0.5) is 5.69 Å². The predicted octanol–water partition coefficient (Wildman–Crippen LogP) is 0.273. The molecule has 0 unspecified atom stereocenters. The van der Waals surface area contributed by atoms with Gasteiger partial charge in [0, 0.05) is 5.56 Å². The highest BCUT2D eigenvalue weighted by Crippen LogP contribution is 2.22. The van der Waals surface area contributed by atoms with Crippen LogP contribution in [0.25, 0.3) is 0 Å². The van der Waals surface area contributed by atoms with E-state index in [-0.39, 0.29) is 6.54 Å². The standard InChI is InChI=1S/C12H17N3O3/c1-2-5-18-10-4-3-8(6-9(10)13)12(17)15-7-11(14)16/h3-4,6H,2,5,7,13H2,1H3,(H2,14,16)(H,15,17). The normalized spacial score (nSPS) is 9.83. The summed E-state index contributed by atoms with van der Waals surface area (Å²) in [7, 11) is 0. The van der Waals surface area contributed by atoms with Crippen LogP contribution in [0.15, 0.2) is 18.2 Å². The monoisotopic (exact) mass is 251 g/mol. The number of hydrogen-bond donors (Lipinski definition) is 3. The number of primary amides is 1. The highest BCUT2D eigenvalue weighted by atomic mass is 16.5. The smallest absolute Gasteiger partial charge is 0.251 e. The molecule has 0 bridgehead atoms. The van der Waals surface area contributed by atoms with Gasteiger partial charge in [0.2, 0.25) is 5.91 Å². The molecule has 6 heteroatoms. The summed E-state index contributed by atoms with van der Waals surface area (Å²) in [5, 5.41) is 2.38. The SMILES string of the molecule is CCCOc1ccc(C(=O)NCC(N)=O)cc1N. The lowest BCUT2D eigenvalue weighted by molar-refractivity contribution is -0.117. The highest BCUT2D eigenvalue weighted by Gasteiger charge is 2.09. The highest BCUT2D eigenvalue weighted by molar-refractivity contribution is 5.97. The minimum Gasteiger partial charge on any atom is -0.491 e. The van der Waals surface area contributed by atoms with Gasteiger partial charge in [-0.3, -0.25) is 9.59 Å². The van der Waals surface area contributed by atoms with Crippen molar-refractivity contribution in [3.63, 3.8) is 0 Å². The first-order valence-corrected chi connectivity index (χ1v) is 5.63. The van der Waals surface area contributed by atoms with Gasteiger partial charge >= 0.3 is 0 Å². The Morgan fingerprint density at radius 1 is 1.39 bits per heavy atom. The molecule has 5 N–H and O–H groups in total. The number of rotatable bonds is 6. The molecule has 6 nitrogen and oxygen atoms in total. The molecule has 18 heavy (non-hydrogen) atoms. The fourth-order valence-corrected chi connectivity index (χ4v) is 1.30. The third-order valence-electron chi connectivity index (χ3n) is 2.16. The van der Waals surface area contributed by atoms with Crippen LogP contribution in [0.3, 0.4) is 0 Å². The van der Waals surface area contributed by atoms with Crippen LogP contribution < -0.4 is 21.5 Å². The Balaban J connectivity index is 2.71. The maximum absolute atomic E-state index is 11.6. The van der Waals surface area contributed by atoms with Gasteiger partial charge in [-0.1, -0.05) is 6.92 Å². The largest absolute Gasteiger partial charge is 0.491 e. The number of nitrogens with one attached hydrogen (secondary N) is 1. The van der Waals surface area contributed by atoms with Crippen LogP contribution in [0.1, 0.15) is 23.7 Å². The van der Waals surface area contributed by atoms with E-state index in [2.05, 4.69) is 5.32 Å². The zero-order valence-electron chi connectivity index (χ0n) is 10.2. The lowest BCUT2D eigenvalue weighted by atomic mass is 10.1. The Bertz CT molecular complexity index is 446. The molecule has 0 heterocycles. The number of nitrogens with two attached hydrogens (primary N) is 2. The van der Waals surface area contributed by atoms with Crippen molar-refractivity contribution >= 4 is 17.5 Å². The van der Waals surface area contributed by atoms with Crippen LogP contribution in [0.2, 0.25) is 0 Å². The minimum absolute atomic E-state index is 0.202. The molecule has 0 spiro atoms. The summed E-state index contributed by atoms with van der Waals surface area (Å²) in [5.41, 5.74) is 11.4. The van der Waals surface area contributed by atoms with E-state index in [0.717, 1.165) is 6.42 Å². The summed E-state index contributed by atoms with van der Waals surface area (Å²) >= 11 is 0. The van der Waals surface area contributed by atoms with Crippen molar-refractivity contribution in [1.29, 1.82) is 0 Å². The Hall–Kier alpha value is -2.24. The first-order chi connectivity index (χ1) is 8.54. The van der Waals surface area contributed by atoms with Gasteiger partial charge < -0.3 is 21.5 Å². The van der Waals surface area contributed by atoms with Crippen LogP contribution in [0, 0.1) is 0 Å². The van der Waals surface area contributed by atoms with Gasteiger partial charge in [-0.05, 0) is 24.6 Å². The summed E-state index contributed by atoms with van der Waals surface area (Å²) in [6.07, 6.45) is 0.875. The summed E-state index contributed by atoms with van der Waals surface area (Å²) in [6.45, 7) is 2.35. The van der Waals surface area contributed by atoms with Crippen LogP contribution >= 0.6 is 0 Å². The van der Waals surface area contributed by atoms with Gasteiger partial charge in [0.1, 0.15) is 5.75 Å². The summed E-state index contributed by atoms with van der Waals surface area (Å²) in [4.78, 5) is 22.1. The summed E-state index contributed by atoms with van der Waals surface area (Å²) < 4.78 is 5.39. The quantitative estimate of drug-likeness (QED) is 0.631. The van der Waals surface area contributed by atoms with Gasteiger partial charge in [-0.15, -0.1) is 0 Å². The molecule has 0 aromatic heterocycles. The molecule has 1 aromatic rings. The molecule has 1 rings (SSSR count). The van der Waals surface area contributed by atoms with Gasteiger partial charge in [0.05, 0.1) is 18.8 Å². The molecule has 0 saturated carbocycles. The Morgan fingerprint density at radius 3 is 2.67 bits per heavy atom. The molecule has 1 aromatic carbocycles. The maximum atomic E-state index is 11.6. The molecule has 98 valence electrons. The Morgan fingerprint density at radius 2 is 2.11 bits per heavy atom. The first kappa shape index (κ1) is 13.8. The third-order valence-corrected chi connectivity index (χ3v) is 2.16. The molecule has 0 radical (unpaired) electrons. The van der Waals surface area contributed by atoms with Gasteiger partial charge in [0.15, 0.2) is 0 Å². The molecular weight excluding hydrogens is 234 g/mol. The second-order valence-electron chi connectivity index (χ2n) is 3.75. The zero-order chi connectivity index (χ0) is 13.5. The number of ether oxygens (including phenoxy) is 1. The number of anilines is 1. The van der Waals surface area contributed by atoms with Crippen molar-refractivity contribution in [3.05, 3.63) is 23.8 Å². The second kappa shape index (κ2) is 6.48. The summed E-state index contributed by atoms with van der Waals surface area (Å²) in [5.74, 6) is -0.454. The van der Waals surface area contributed by atoms with E-state index in [9.17, 15) is 9.59 Å².